The fourth-order valence-electron chi connectivity index (χ4n) is 4.51. The van der Waals surface area contributed by atoms with Gasteiger partial charge in [-0.15, -0.1) is 0 Å². The largest absolute Gasteiger partial charge is 0.497 e. The van der Waals surface area contributed by atoms with E-state index in [1.165, 1.54) is 6.34 Å². The number of hydrogen-bond acceptors (Lipinski definition) is 11. The molecular formula is C25H29N5O6. The van der Waals surface area contributed by atoms with Crippen molar-refractivity contribution in [2.24, 2.45) is 20.7 Å². The van der Waals surface area contributed by atoms with Crippen LogP contribution in [-0.4, -0.2) is 88.7 Å². The van der Waals surface area contributed by atoms with Crippen molar-refractivity contribution in [3.63, 3.8) is 0 Å². The zero-order valence-electron chi connectivity index (χ0n) is 19.8. The Morgan fingerprint density at radius 2 is 1.75 bits per heavy atom. The van der Waals surface area contributed by atoms with Gasteiger partial charge in [0.2, 0.25) is 0 Å². The highest BCUT2D eigenvalue weighted by atomic mass is 16.6. The van der Waals surface area contributed by atoms with Gasteiger partial charge >= 0.3 is 0 Å². The van der Waals surface area contributed by atoms with Crippen LogP contribution in [0, 0.1) is 0 Å². The number of aliphatic imine (C=N–C) groups is 3. The monoisotopic (exact) mass is 495 g/mol. The number of aliphatic hydroxyl groups excluding tert-OH is 3. The number of nitrogens with zero attached hydrogens (tertiary/aromatic N) is 4. The summed E-state index contributed by atoms with van der Waals surface area (Å²) >= 11 is 0. The van der Waals surface area contributed by atoms with Gasteiger partial charge in [0.1, 0.15) is 55.1 Å². The van der Waals surface area contributed by atoms with E-state index in [1.54, 1.807) is 12.0 Å². The van der Waals surface area contributed by atoms with Crippen molar-refractivity contribution >= 4 is 17.9 Å². The molecule has 5 rings (SSSR count). The van der Waals surface area contributed by atoms with Crippen LogP contribution in [0.25, 0.3) is 0 Å². The number of aliphatic hydroxyl groups is 3. The minimum absolute atomic E-state index is 0.140. The van der Waals surface area contributed by atoms with Crippen molar-refractivity contribution in [2.45, 2.75) is 43.2 Å². The second-order valence-corrected chi connectivity index (χ2v) is 8.93. The van der Waals surface area contributed by atoms with E-state index in [0.29, 0.717) is 24.6 Å². The van der Waals surface area contributed by atoms with Crippen LogP contribution in [0.2, 0.25) is 0 Å². The zero-order chi connectivity index (χ0) is 25.3. The molecule has 0 spiro atoms. The number of methoxy groups -OCH3 is 1. The molecule has 5 atom stereocenters. The average molecular weight is 496 g/mol. The Bertz CT molecular complexity index is 1170. The highest BCUT2D eigenvalue weighted by Crippen LogP contribution is 2.30. The first-order valence-corrected chi connectivity index (χ1v) is 11.6. The Hall–Kier alpha value is -3.35. The quantitative estimate of drug-likeness (QED) is 0.401. The molecule has 190 valence electrons. The van der Waals surface area contributed by atoms with Gasteiger partial charge in [0.25, 0.3) is 0 Å². The summed E-state index contributed by atoms with van der Waals surface area (Å²) in [6, 6.07) is 15.3. The average Bonchev–Trinajstić information content (AvgIpc) is 3.45. The Morgan fingerprint density at radius 3 is 2.42 bits per heavy atom. The zero-order valence-corrected chi connectivity index (χ0v) is 19.8. The van der Waals surface area contributed by atoms with Crippen LogP contribution in [0.4, 0.5) is 0 Å². The molecule has 1 unspecified atom stereocenters. The van der Waals surface area contributed by atoms with Crippen molar-refractivity contribution in [3.8, 4) is 11.5 Å². The summed E-state index contributed by atoms with van der Waals surface area (Å²) in [5, 5.41) is 29.9. The molecule has 3 heterocycles. The number of rotatable bonds is 8. The minimum Gasteiger partial charge on any atom is -0.497 e. The van der Waals surface area contributed by atoms with E-state index in [1.807, 2.05) is 48.5 Å². The molecule has 1 saturated heterocycles. The Morgan fingerprint density at radius 1 is 1.06 bits per heavy atom. The summed E-state index contributed by atoms with van der Waals surface area (Å²) < 4.78 is 16.7. The Kier molecular flexibility index (Phi) is 6.73. The maximum absolute atomic E-state index is 10.4. The van der Waals surface area contributed by atoms with E-state index in [2.05, 4.69) is 15.0 Å². The maximum atomic E-state index is 10.4. The molecule has 5 N–H and O–H groups in total. The Labute approximate surface area is 208 Å². The van der Waals surface area contributed by atoms with Gasteiger partial charge in [0.05, 0.1) is 13.7 Å². The van der Waals surface area contributed by atoms with E-state index in [0.717, 1.165) is 22.6 Å². The normalized spacial score (nSPS) is 29.1. The fraction of sp³-hybridized carbons (Fsp3) is 0.400. The van der Waals surface area contributed by atoms with Gasteiger partial charge in [-0.25, -0.2) is 9.98 Å². The van der Waals surface area contributed by atoms with E-state index in [-0.39, 0.29) is 6.67 Å². The molecule has 3 aliphatic rings. The van der Waals surface area contributed by atoms with Gasteiger partial charge in [0, 0.05) is 6.42 Å². The van der Waals surface area contributed by atoms with E-state index >= 15 is 0 Å². The van der Waals surface area contributed by atoms with E-state index < -0.39 is 36.8 Å². The summed E-state index contributed by atoms with van der Waals surface area (Å²) in [6.45, 7) is 0.161. The third-order valence-electron chi connectivity index (χ3n) is 6.53. The predicted octanol–water partition coefficient (Wildman–Crippen LogP) is 0.0652. The van der Waals surface area contributed by atoms with Crippen LogP contribution in [0.5, 0.6) is 11.5 Å². The molecule has 1 fully saturated rings. The first kappa shape index (κ1) is 24.3. The van der Waals surface area contributed by atoms with Gasteiger partial charge in [0.15, 0.2) is 17.7 Å². The van der Waals surface area contributed by atoms with Gasteiger partial charge < -0.3 is 40.2 Å². The van der Waals surface area contributed by atoms with Crippen molar-refractivity contribution in [3.05, 3.63) is 59.7 Å². The van der Waals surface area contributed by atoms with Crippen molar-refractivity contribution in [2.75, 3.05) is 20.4 Å². The second kappa shape index (κ2) is 9.96. The number of amidine groups is 1. The maximum Gasteiger partial charge on any atom is 0.162 e. The Balaban J connectivity index is 1.23. The lowest BCUT2D eigenvalue weighted by molar-refractivity contribution is -0.0688. The summed E-state index contributed by atoms with van der Waals surface area (Å²) in [5.41, 5.74) is 7.96. The third kappa shape index (κ3) is 4.59. The second-order valence-electron chi connectivity index (χ2n) is 8.93. The van der Waals surface area contributed by atoms with Gasteiger partial charge in [-0.2, -0.15) is 0 Å². The number of nitrogens with two attached hydrogens (primary N) is 1. The van der Waals surface area contributed by atoms with Gasteiger partial charge in [-0.05, 0) is 35.4 Å². The number of hydrogen-bond donors (Lipinski definition) is 4. The molecule has 0 saturated carbocycles. The van der Waals surface area contributed by atoms with Crippen LogP contribution < -0.4 is 15.2 Å². The van der Waals surface area contributed by atoms with Gasteiger partial charge in [-0.1, -0.05) is 24.3 Å². The summed E-state index contributed by atoms with van der Waals surface area (Å²) in [7, 11) is 1.63. The molecule has 2 aromatic carbocycles. The highest BCUT2D eigenvalue weighted by Gasteiger charge is 2.50. The lowest BCUT2D eigenvalue weighted by Gasteiger charge is -2.32. The molecule has 2 aromatic rings. The fourth-order valence-corrected chi connectivity index (χ4v) is 4.51. The molecule has 0 radical (unpaired) electrons. The number of fused-ring (bicyclic) bond motifs is 1. The topological polar surface area (TPSA) is 155 Å². The van der Waals surface area contributed by atoms with Gasteiger partial charge in [-0.3, -0.25) is 4.99 Å². The van der Waals surface area contributed by atoms with Crippen molar-refractivity contribution in [1.82, 2.24) is 4.90 Å². The highest BCUT2D eigenvalue weighted by molar-refractivity contribution is 6.47. The lowest BCUT2D eigenvalue weighted by atomic mass is 9.94. The van der Waals surface area contributed by atoms with Crippen LogP contribution in [-0.2, 0) is 17.8 Å². The van der Waals surface area contributed by atoms with Crippen molar-refractivity contribution in [1.29, 1.82) is 0 Å². The van der Waals surface area contributed by atoms with Crippen LogP contribution >= 0.6 is 0 Å². The molecule has 0 aromatic heterocycles. The molecule has 11 nitrogen and oxygen atoms in total. The summed E-state index contributed by atoms with van der Waals surface area (Å²) in [6.07, 6.45) is -2.49. The smallest absolute Gasteiger partial charge is 0.162 e. The summed E-state index contributed by atoms with van der Waals surface area (Å²) in [5.74, 6) is 1.96. The first-order chi connectivity index (χ1) is 17.4. The molecular weight excluding hydrogens is 466 g/mol. The lowest BCUT2D eigenvalue weighted by Crippen LogP contribution is -2.56. The van der Waals surface area contributed by atoms with Crippen LogP contribution in [0.15, 0.2) is 63.5 Å². The SMILES string of the molecule is COc1ccc(COc2ccc(CC3(N)N=CN=C4C3=NCN4[C@@H]3O[C@H](CO)[C@@H](O)[C@H]3O)cc2)cc1. The molecule has 11 heteroatoms. The molecule has 0 aliphatic carbocycles. The van der Waals surface area contributed by atoms with Crippen LogP contribution in [0.1, 0.15) is 11.1 Å². The molecule has 0 bridgehead atoms. The van der Waals surface area contributed by atoms with Crippen LogP contribution in [0.3, 0.4) is 0 Å². The molecule has 3 aliphatic heterocycles. The van der Waals surface area contributed by atoms with E-state index in [4.69, 9.17) is 19.9 Å². The van der Waals surface area contributed by atoms with E-state index in [9.17, 15) is 15.3 Å². The minimum atomic E-state index is -1.23. The van der Waals surface area contributed by atoms with Crippen molar-refractivity contribution < 1.29 is 29.5 Å². The number of benzene rings is 2. The predicted molar refractivity (Wildman–Crippen MR) is 132 cm³/mol. The first-order valence-electron chi connectivity index (χ1n) is 11.6. The molecule has 36 heavy (non-hydrogen) atoms. The standard InChI is InChI=1S/C25H29N5O6/c1-34-17-6-4-16(5-7-17)12-35-18-8-2-15(3-9-18)10-25(26)22-23(27-13-29-25)30(14-28-22)24-21(33)20(32)19(11-31)36-24/h2-9,13,19-21,24,31-33H,10-12,14,26H2,1H3/t19-,20-,21-,24-,25?/m1/s1. The molecule has 0 amide bonds. The summed E-state index contributed by atoms with van der Waals surface area (Å²) in [4.78, 5) is 14.9. The third-order valence-corrected chi connectivity index (χ3v) is 6.53. The number of ether oxygens (including phenoxy) is 3.